The number of pyridine rings is 1. The molecule has 17 heavy (non-hydrogen) atoms. The van der Waals surface area contributed by atoms with Crippen LogP contribution in [0.25, 0.3) is 0 Å². The van der Waals surface area contributed by atoms with Crippen LogP contribution < -0.4 is 10.6 Å². The number of aromatic nitrogens is 1. The molecule has 0 unspecified atom stereocenters. The minimum absolute atomic E-state index is 0.0792. The molecule has 1 aromatic heterocycles. The van der Waals surface area contributed by atoms with Gasteiger partial charge in [-0.2, -0.15) is 0 Å². The first-order chi connectivity index (χ1) is 8.13. The molecule has 0 saturated carbocycles. The van der Waals surface area contributed by atoms with Gasteiger partial charge in [0.15, 0.2) is 0 Å². The summed E-state index contributed by atoms with van der Waals surface area (Å²) in [7, 11) is 1.60. The van der Waals surface area contributed by atoms with Crippen LogP contribution in [0.2, 0.25) is 0 Å². The maximum atomic E-state index is 11.4. The van der Waals surface area contributed by atoms with Crippen LogP contribution in [0.4, 0.5) is 5.82 Å². The molecule has 0 radical (unpaired) electrons. The van der Waals surface area contributed by atoms with Crippen LogP contribution in [0.1, 0.15) is 5.69 Å². The third-order valence-electron chi connectivity index (χ3n) is 2.08. The maximum Gasteiger partial charge on any atom is 0.239 e. The number of nitrogens with one attached hydrogen (secondary N) is 2. The molecule has 1 aromatic rings. The van der Waals surface area contributed by atoms with E-state index < -0.39 is 0 Å². The Hall–Kier alpha value is -1.14. The van der Waals surface area contributed by atoms with E-state index in [0.29, 0.717) is 19.0 Å². The third kappa shape index (κ3) is 5.14. The predicted octanol–water partition coefficient (Wildman–Crippen LogP) is 1.33. The van der Waals surface area contributed by atoms with Crippen molar-refractivity contribution in [3.63, 3.8) is 0 Å². The summed E-state index contributed by atoms with van der Waals surface area (Å²) in [6.07, 6.45) is 0. The van der Waals surface area contributed by atoms with Gasteiger partial charge in [-0.3, -0.25) is 4.79 Å². The lowest BCUT2D eigenvalue weighted by atomic mass is 10.3. The van der Waals surface area contributed by atoms with Gasteiger partial charge in [-0.25, -0.2) is 4.98 Å². The summed E-state index contributed by atoms with van der Waals surface area (Å²) >= 11 is 3.37. The highest BCUT2D eigenvalue weighted by Gasteiger charge is 2.02. The first kappa shape index (κ1) is 13.9. The first-order valence-corrected chi connectivity index (χ1v) is 6.05. The van der Waals surface area contributed by atoms with Crippen LogP contribution in [-0.4, -0.2) is 37.7 Å². The fourth-order valence-electron chi connectivity index (χ4n) is 1.17. The van der Waals surface area contributed by atoms with Gasteiger partial charge in [0.1, 0.15) is 5.82 Å². The van der Waals surface area contributed by atoms with Crippen molar-refractivity contribution in [2.24, 2.45) is 0 Å². The molecule has 0 aliphatic rings. The molecule has 1 amide bonds. The Morgan fingerprint density at radius 3 is 2.94 bits per heavy atom. The molecule has 5 nitrogen and oxygen atoms in total. The molecule has 1 heterocycles. The minimum Gasteiger partial charge on any atom is -0.383 e. The summed E-state index contributed by atoms with van der Waals surface area (Å²) in [5, 5.41) is 5.67. The molecule has 0 aliphatic carbocycles. The molecule has 0 aliphatic heterocycles. The molecule has 0 fully saturated rings. The average molecular weight is 302 g/mol. The SMILES string of the molecule is COCCNC(=O)CNc1ccc(Br)c(C)n1. The van der Waals surface area contributed by atoms with Crippen LogP contribution in [0.3, 0.4) is 0 Å². The largest absolute Gasteiger partial charge is 0.383 e. The standard InChI is InChI=1S/C11H16BrN3O2/c1-8-9(12)3-4-10(15-8)14-7-11(16)13-5-6-17-2/h3-4H,5-7H2,1-2H3,(H,13,16)(H,14,15). The number of hydrogen-bond acceptors (Lipinski definition) is 4. The van der Waals surface area contributed by atoms with Gasteiger partial charge < -0.3 is 15.4 Å². The van der Waals surface area contributed by atoms with Gasteiger partial charge in [-0.15, -0.1) is 0 Å². The van der Waals surface area contributed by atoms with Gasteiger partial charge >= 0.3 is 0 Å². The fraction of sp³-hybridized carbons (Fsp3) is 0.455. The molecule has 0 atom stereocenters. The number of aryl methyl sites for hydroxylation is 1. The van der Waals surface area contributed by atoms with E-state index in [-0.39, 0.29) is 12.5 Å². The molecular formula is C11H16BrN3O2. The van der Waals surface area contributed by atoms with Gasteiger partial charge in [0, 0.05) is 18.1 Å². The summed E-state index contributed by atoms with van der Waals surface area (Å²) in [6.45, 7) is 3.14. The summed E-state index contributed by atoms with van der Waals surface area (Å²) in [6, 6.07) is 3.72. The zero-order chi connectivity index (χ0) is 12.7. The topological polar surface area (TPSA) is 63.2 Å². The molecule has 2 N–H and O–H groups in total. The molecule has 0 spiro atoms. The molecule has 0 saturated heterocycles. The van der Waals surface area contributed by atoms with Crippen LogP contribution in [0.5, 0.6) is 0 Å². The minimum atomic E-state index is -0.0792. The van der Waals surface area contributed by atoms with E-state index in [4.69, 9.17) is 4.74 Å². The fourth-order valence-corrected chi connectivity index (χ4v) is 1.39. The van der Waals surface area contributed by atoms with Gasteiger partial charge in [0.2, 0.25) is 5.91 Å². The van der Waals surface area contributed by atoms with Crippen LogP contribution in [0, 0.1) is 6.92 Å². The van der Waals surface area contributed by atoms with E-state index in [0.717, 1.165) is 10.2 Å². The van der Waals surface area contributed by atoms with E-state index in [1.54, 1.807) is 7.11 Å². The second-order valence-electron chi connectivity index (χ2n) is 3.46. The smallest absolute Gasteiger partial charge is 0.239 e. The Balaban J connectivity index is 2.34. The summed E-state index contributed by atoms with van der Waals surface area (Å²) in [5.74, 6) is 0.608. The molecule has 6 heteroatoms. The zero-order valence-corrected chi connectivity index (χ0v) is 11.5. The predicted molar refractivity (Wildman–Crippen MR) is 70.0 cm³/mol. The van der Waals surface area contributed by atoms with Crippen molar-refractivity contribution in [1.29, 1.82) is 0 Å². The van der Waals surface area contributed by atoms with Crippen LogP contribution in [0.15, 0.2) is 16.6 Å². The van der Waals surface area contributed by atoms with Gasteiger partial charge in [0.25, 0.3) is 0 Å². The van der Waals surface area contributed by atoms with Gasteiger partial charge in [-0.1, -0.05) is 0 Å². The van der Waals surface area contributed by atoms with Gasteiger partial charge in [0.05, 0.1) is 18.8 Å². The summed E-state index contributed by atoms with van der Waals surface area (Å²) in [5.41, 5.74) is 0.884. The number of ether oxygens (including phenoxy) is 1. The number of carbonyl (C=O) groups excluding carboxylic acids is 1. The number of carbonyl (C=O) groups is 1. The van der Waals surface area contributed by atoms with Crippen molar-refractivity contribution in [3.8, 4) is 0 Å². The average Bonchev–Trinajstić information content (AvgIpc) is 2.31. The number of methoxy groups -OCH3 is 1. The highest BCUT2D eigenvalue weighted by Crippen LogP contribution is 2.15. The lowest BCUT2D eigenvalue weighted by molar-refractivity contribution is -0.119. The number of hydrogen-bond donors (Lipinski definition) is 2. The Morgan fingerprint density at radius 1 is 1.53 bits per heavy atom. The van der Waals surface area contributed by atoms with E-state index in [1.807, 2.05) is 19.1 Å². The number of anilines is 1. The molecular weight excluding hydrogens is 286 g/mol. The number of halogens is 1. The Kier molecular flexibility index (Phi) is 5.93. The Morgan fingerprint density at radius 2 is 2.29 bits per heavy atom. The van der Waals surface area contributed by atoms with Gasteiger partial charge in [-0.05, 0) is 35.0 Å². The molecule has 0 aromatic carbocycles. The number of nitrogens with zero attached hydrogens (tertiary/aromatic N) is 1. The highest BCUT2D eigenvalue weighted by molar-refractivity contribution is 9.10. The lowest BCUT2D eigenvalue weighted by Gasteiger charge is -2.07. The summed E-state index contributed by atoms with van der Waals surface area (Å²) < 4.78 is 5.78. The monoisotopic (exact) mass is 301 g/mol. The van der Waals surface area contributed by atoms with Crippen molar-refractivity contribution in [3.05, 3.63) is 22.3 Å². The normalized spacial score (nSPS) is 10.1. The van der Waals surface area contributed by atoms with Crippen molar-refractivity contribution in [2.45, 2.75) is 6.92 Å². The zero-order valence-electron chi connectivity index (χ0n) is 9.92. The Bertz CT molecular complexity index is 385. The second kappa shape index (κ2) is 7.24. The van der Waals surface area contributed by atoms with E-state index >= 15 is 0 Å². The van der Waals surface area contributed by atoms with Crippen LogP contribution >= 0.6 is 15.9 Å². The number of rotatable bonds is 6. The quantitative estimate of drug-likeness (QED) is 0.778. The molecule has 1 rings (SSSR count). The number of amides is 1. The first-order valence-electron chi connectivity index (χ1n) is 5.26. The summed E-state index contributed by atoms with van der Waals surface area (Å²) in [4.78, 5) is 15.7. The van der Waals surface area contributed by atoms with Crippen molar-refractivity contribution in [2.75, 3.05) is 32.1 Å². The lowest BCUT2D eigenvalue weighted by Crippen LogP contribution is -2.32. The second-order valence-corrected chi connectivity index (χ2v) is 4.31. The maximum absolute atomic E-state index is 11.4. The van der Waals surface area contributed by atoms with Crippen molar-refractivity contribution >= 4 is 27.7 Å². The molecule has 94 valence electrons. The molecule has 0 bridgehead atoms. The van der Waals surface area contributed by atoms with Crippen LogP contribution in [-0.2, 0) is 9.53 Å². The Labute approximate surface area is 109 Å². The van der Waals surface area contributed by atoms with E-state index in [1.165, 1.54) is 0 Å². The van der Waals surface area contributed by atoms with E-state index in [2.05, 4.69) is 31.5 Å². The highest BCUT2D eigenvalue weighted by atomic mass is 79.9. The van der Waals surface area contributed by atoms with E-state index in [9.17, 15) is 4.79 Å². The van der Waals surface area contributed by atoms with Crippen molar-refractivity contribution in [1.82, 2.24) is 10.3 Å². The van der Waals surface area contributed by atoms with Crippen molar-refractivity contribution < 1.29 is 9.53 Å². The third-order valence-corrected chi connectivity index (χ3v) is 2.92.